The van der Waals surface area contributed by atoms with Crippen LogP contribution in [0.15, 0.2) is 16.7 Å². The van der Waals surface area contributed by atoms with E-state index in [1.54, 1.807) is 6.20 Å². The Balaban J connectivity index is 2.72. The molecule has 0 atom stereocenters. The molecular formula is C11H14ClNOSn. The second-order valence-electron chi connectivity index (χ2n) is 4.83. The van der Waals surface area contributed by atoms with Crippen molar-refractivity contribution >= 4 is 44.9 Å². The van der Waals surface area contributed by atoms with Crippen LogP contribution < -0.4 is 3.78 Å². The number of rotatable bonds is 1. The molecule has 0 amide bonds. The van der Waals surface area contributed by atoms with E-state index in [4.69, 9.17) is 16.0 Å². The van der Waals surface area contributed by atoms with Crippen LogP contribution in [-0.4, -0.2) is 23.4 Å². The molecule has 0 aliphatic heterocycles. The van der Waals surface area contributed by atoms with Gasteiger partial charge in [0.1, 0.15) is 0 Å². The first-order valence-corrected chi connectivity index (χ1v) is 15.3. The second-order valence-corrected chi connectivity index (χ2v) is 19.5. The zero-order chi connectivity index (χ0) is 11.2. The summed E-state index contributed by atoms with van der Waals surface area (Å²) < 4.78 is 6.97. The zero-order valence-corrected chi connectivity index (χ0v) is 13.0. The van der Waals surface area contributed by atoms with Gasteiger partial charge in [-0.1, -0.05) is 0 Å². The van der Waals surface area contributed by atoms with E-state index in [-0.39, 0.29) is 0 Å². The van der Waals surface area contributed by atoms with Crippen molar-refractivity contribution in [2.45, 2.75) is 21.7 Å². The Bertz CT molecular complexity index is 513. The minimum absolute atomic E-state index is 0.696. The molecule has 2 heterocycles. The van der Waals surface area contributed by atoms with Crippen molar-refractivity contribution in [2.24, 2.45) is 0 Å². The average Bonchev–Trinajstić information content (AvgIpc) is 2.55. The Labute approximate surface area is 98.5 Å². The maximum absolute atomic E-state index is 6.18. The Morgan fingerprint density at radius 2 is 2.00 bits per heavy atom. The molecule has 0 aromatic carbocycles. The van der Waals surface area contributed by atoms with E-state index in [0.717, 1.165) is 20.4 Å². The number of fused-ring (bicyclic) bond motifs is 1. The molecule has 2 aromatic heterocycles. The number of pyridine rings is 1. The predicted octanol–water partition coefficient (Wildman–Crippen LogP) is 3.33. The van der Waals surface area contributed by atoms with Crippen LogP contribution in [-0.2, 0) is 0 Å². The molecule has 4 heteroatoms. The summed E-state index contributed by atoms with van der Waals surface area (Å²) >= 11 is 4.04. The Morgan fingerprint density at radius 1 is 1.33 bits per heavy atom. The Kier molecular flexibility index (Phi) is 2.75. The van der Waals surface area contributed by atoms with Gasteiger partial charge < -0.3 is 0 Å². The number of nitrogens with zero attached hydrogens (tertiary/aromatic N) is 1. The van der Waals surface area contributed by atoms with Gasteiger partial charge in [-0.2, -0.15) is 0 Å². The number of hydrogen-bond donors (Lipinski definition) is 0. The van der Waals surface area contributed by atoms with Crippen molar-refractivity contribution < 1.29 is 4.42 Å². The first-order valence-electron chi connectivity index (χ1n) is 4.95. The van der Waals surface area contributed by atoms with E-state index in [2.05, 4.69) is 25.9 Å². The van der Waals surface area contributed by atoms with Crippen LogP contribution in [0.25, 0.3) is 11.1 Å². The van der Waals surface area contributed by atoms with Crippen molar-refractivity contribution in [3.63, 3.8) is 0 Å². The number of aromatic nitrogens is 1. The number of furan rings is 1. The third kappa shape index (κ3) is 2.02. The molecular weight excluding hydrogens is 316 g/mol. The predicted molar refractivity (Wildman–Crippen MR) is 66.7 cm³/mol. The molecule has 0 unspecified atom stereocenters. The molecule has 0 bridgehead atoms. The van der Waals surface area contributed by atoms with Crippen molar-refractivity contribution in [1.82, 2.24) is 4.98 Å². The Hall–Kier alpha value is -0.221. The van der Waals surface area contributed by atoms with Crippen molar-refractivity contribution in [3.8, 4) is 0 Å². The normalized spacial score (nSPS) is 12.3. The molecule has 2 rings (SSSR count). The van der Waals surface area contributed by atoms with Crippen LogP contribution in [0.3, 0.4) is 0 Å². The molecule has 0 N–H and O–H groups in total. The Morgan fingerprint density at radius 3 is 2.60 bits per heavy atom. The van der Waals surface area contributed by atoms with Crippen LogP contribution in [0.4, 0.5) is 0 Å². The minimum atomic E-state index is -2.14. The van der Waals surface area contributed by atoms with Crippen LogP contribution in [0.1, 0.15) is 5.56 Å². The summed E-state index contributed by atoms with van der Waals surface area (Å²) in [4.78, 5) is 11.3. The van der Waals surface area contributed by atoms with Gasteiger partial charge in [0.25, 0.3) is 0 Å². The summed E-state index contributed by atoms with van der Waals surface area (Å²) in [5.74, 6) is 0. The molecule has 0 fully saturated rings. The van der Waals surface area contributed by atoms with Crippen LogP contribution in [0.2, 0.25) is 19.8 Å². The molecule has 0 radical (unpaired) electrons. The average molecular weight is 330 g/mol. The monoisotopic (exact) mass is 331 g/mol. The topological polar surface area (TPSA) is 26.0 Å². The number of hydrogen-bond acceptors (Lipinski definition) is 2. The molecule has 2 aromatic rings. The van der Waals surface area contributed by atoms with E-state index < -0.39 is 18.4 Å². The third-order valence-electron chi connectivity index (χ3n) is 2.39. The van der Waals surface area contributed by atoms with Crippen molar-refractivity contribution in [3.05, 3.63) is 22.8 Å². The summed E-state index contributed by atoms with van der Waals surface area (Å²) in [5, 5.41) is 0.696. The summed E-state index contributed by atoms with van der Waals surface area (Å²) in [7, 11) is 0. The van der Waals surface area contributed by atoms with E-state index in [0.29, 0.717) is 5.02 Å². The van der Waals surface area contributed by atoms with Gasteiger partial charge in [0.15, 0.2) is 0 Å². The molecule has 0 aliphatic rings. The fourth-order valence-corrected chi connectivity index (χ4v) is 4.38. The first-order chi connectivity index (χ1) is 6.89. The van der Waals surface area contributed by atoms with Gasteiger partial charge in [0.2, 0.25) is 0 Å². The van der Waals surface area contributed by atoms with E-state index >= 15 is 0 Å². The van der Waals surface area contributed by atoms with Gasteiger partial charge in [-0.15, -0.1) is 0 Å². The fraction of sp³-hybridized carbons (Fsp3) is 0.364. The van der Waals surface area contributed by atoms with Gasteiger partial charge in [-0.25, -0.2) is 0 Å². The van der Waals surface area contributed by atoms with E-state index in [1.165, 1.54) is 0 Å². The molecule has 80 valence electrons. The van der Waals surface area contributed by atoms with Crippen molar-refractivity contribution in [2.75, 3.05) is 0 Å². The van der Waals surface area contributed by atoms with Gasteiger partial charge in [0.05, 0.1) is 0 Å². The summed E-state index contributed by atoms with van der Waals surface area (Å²) in [5.41, 5.74) is 2.60. The van der Waals surface area contributed by atoms with Crippen LogP contribution in [0.5, 0.6) is 0 Å². The van der Waals surface area contributed by atoms with E-state index in [1.807, 2.05) is 6.92 Å². The van der Waals surface area contributed by atoms with Gasteiger partial charge >= 0.3 is 98.8 Å². The fourth-order valence-electron chi connectivity index (χ4n) is 1.41. The SMILES string of the molecule is Cc1cnc2c[c]([Sn]([CH3])([CH3])[CH3])oc2c1Cl. The van der Waals surface area contributed by atoms with Crippen molar-refractivity contribution in [1.29, 1.82) is 0 Å². The summed E-state index contributed by atoms with van der Waals surface area (Å²) in [6.07, 6.45) is 1.79. The summed E-state index contributed by atoms with van der Waals surface area (Å²) in [6.45, 7) is 1.94. The third-order valence-corrected chi connectivity index (χ3v) is 7.79. The quantitative estimate of drug-likeness (QED) is 0.750. The molecule has 0 saturated carbocycles. The van der Waals surface area contributed by atoms with Crippen LogP contribution >= 0.6 is 11.6 Å². The molecule has 0 spiro atoms. The number of halogens is 1. The van der Waals surface area contributed by atoms with Gasteiger partial charge in [0, 0.05) is 0 Å². The van der Waals surface area contributed by atoms with Gasteiger partial charge in [-0.3, -0.25) is 0 Å². The summed E-state index contributed by atoms with van der Waals surface area (Å²) in [6, 6.07) is 2.05. The van der Waals surface area contributed by atoms with Crippen LogP contribution in [0, 0.1) is 6.92 Å². The van der Waals surface area contributed by atoms with Gasteiger partial charge in [-0.05, 0) is 0 Å². The molecule has 15 heavy (non-hydrogen) atoms. The zero-order valence-electron chi connectivity index (χ0n) is 9.39. The first kappa shape index (κ1) is 11.3. The molecule has 2 nitrogen and oxygen atoms in total. The second kappa shape index (κ2) is 3.66. The molecule has 0 aliphatic carbocycles. The maximum atomic E-state index is 6.18. The molecule has 0 saturated heterocycles. The number of aryl methyl sites for hydroxylation is 1. The standard InChI is InChI=1S/C8H5ClNO.3CH3.Sn/c1-5-4-10-6-2-3-11-8(6)7(5)9;;;;/h2,4H,1H3;3*1H3;. The van der Waals surface area contributed by atoms with E-state index in [9.17, 15) is 0 Å².